The molecule has 1 aromatic carbocycles. The highest BCUT2D eigenvalue weighted by atomic mass is 35.5. The van der Waals surface area contributed by atoms with Crippen molar-refractivity contribution >= 4 is 35.0 Å². The van der Waals surface area contributed by atoms with Gasteiger partial charge in [-0.3, -0.25) is 24.6 Å². The number of carbonyl (C=O) groups excluding carboxylic acids is 3. The number of anilines is 1. The van der Waals surface area contributed by atoms with Crippen molar-refractivity contribution in [1.82, 2.24) is 10.2 Å². The van der Waals surface area contributed by atoms with Crippen molar-refractivity contribution in [2.75, 3.05) is 25.6 Å². The zero-order valence-electron chi connectivity index (χ0n) is 15.8. The van der Waals surface area contributed by atoms with E-state index in [9.17, 15) is 19.5 Å². The molecule has 0 aromatic heterocycles. The molecule has 9 heteroatoms. The molecule has 2 saturated heterocycles. The number of aliphatic hydroxyl groups is 1. The molecular weight excluding hydrogens is 386 g/mol. The van der Waals surface area contributed by atoms with E-state index in [1.165, 1.54) is 7.11 Å². The monoisotopic (exact) mass is 407 g/mol. The second-order valence-corrected chi connectivity index (χ2v) is 8.07. The first-order chi connectivity index (χ1) is 13.2. The van der Waals surface area contributed by atoms with Crippen molar-refractivity contribution in [2.45, 2.75) is 31.5 Å². The van der Waals surface area contributed by atoms with Crippen molar-refractivity contribution in [2.24, 2.45) is 11.8 Å². The van der Waals surface area contributed by atoms with Crippen molar-refractivity contribution in [1.29, 1.82) is 0 Å². The molecule has 0 bridgehead atoms. The van der Waals surface area contributed by atoms with Crippen LogP contribution in [0.2, 0.25) is 5.02 Å². The largest absolute Gasteiger partial charge is 0.392 e. The second-order valence-electron chi connectivity index (χ2n) is 7.67. The van der Waals surface area contributed by atoms with E-state index in [-0.39, 0.29) is 13.2 Å². The maximum absolute atomic E-state index is 13.3. The first kappa shape index (κ1) is 19.3. The number of benzene rings is 1. The zero-order chi connectivity index (χ0) is 20.4. The number of imide groups is 1. The minimum absolute atomic E-state index is 0.104. The van der Waals surface area contributed by atoms with Gasteiger partial charge in [-0.15, -0.1) is 0 Å². The topological polar surface area (TPSA) is 108 Å². The molecule has 1 spiro atoms. The zero-order valence-corrected chi connectivity index (χ0v) is 16.5. The van der Waals surface area contributed by atoms with E-state index in [1.54, 1.807) is 19.1 Å². The van der Waals surface area contributed by atoms with E-state index in [4.69, 9.17) is 16.3 Å². The number of fused-ring (bicyclic) bond motifs is 4. The number of aliphatic hydroxyl groups excluding tert-OH is 1. The number of methoxy groups -OCH3 is 1. The molecule has 3 heterocycles. The van der Waals surface area contributed by atoms with E-state index in [2.05, 4.69) is 10.6 Å². The Labute approximate surface area is 167 Å². The lowest BCUT2D eigenvalue weighted by Crippen LogP contribution is -2.55. The van der Waals surface area contributed by atoms with Crippen LogP contribution in [0.5, 0.6) is 0 Å². The highest BCUT2D eigenvalue weighted by Crippen LogP contribution is 2.54. The molecule has 4 rings (SSSR count). The Balaban J connectivity index is 1.89. The smallest absolute Gasteiger partial charge is 0.250 e. The summed E-state index contributed by atoms with van der Waals surface area (Å²) < 4.78 is 5.01. The van der Waals surface area contributed by atoms with E-state index in [0.717, 1.165) is 10.5 Å². The number of halogens is 1. The SMILES string of the molecule is COCCN1C(=O)C2C(C(C)O)NC3(C(=O)Nc4c(Cl)cc(C)cc43)C2C1=O. The molecule has 5 unspecified atom stereocenters. The van der Waals surface area contributed by atoms with Crippen LogP contribution in [0.1, 0.15) is 18.1 Å². The lowest BCUT2D eigenvalue weighted by atomic mass is 9.76. The molecule has 0 saturated carbocycles. The molecule has 8 nitrogen and oxygen atoms in total. The molecule has 2 fully saturated rings. The number of aryl methyl sites for hydroxylation is 1. The fraction of sp³-hybridized carbons (Fsp3) is 0.526. The van der Waals surface area contributed by atoms with Gasteiger partial charge in [0.2, 0.25) is 17.7 Å². The number of hydrogen-bond acceptors (Lipinski definition) is 6. The van der Waals surface area contributed by atoms with Gasteiger partial charge >= 0.3 is 0 Å². The van der Waals surface area contributed by atoms with Gasteiger partial charge in [-0.25, -0.2) is 0 Å². The molecule has 3 aliphatic heterocycles. The Kier molecular flexibility index (Phi) is 4.50. The summed E-state index contributed by atoms with van der Waals surface area (Å²) in [5, 5.41) is 16.6. The Morgan fingerprint density at radius 3 is 2.68 bits per heavy atom. The average Bonchev–Trinajstić information content (AvgIpc) is 3.21. The van der Waals surface area contributed by atoms with Gasteiger partial charge in [0, 0.05) is 18.7 Å². The molecule has 150 valence electrons. The van der Waals surface area contributed by atoms with Gasteiger partial charge in [-0.05, 0) is 25.5 Å². The van der Waals surface area contributed by atoms with Crippen LogP contribution in [0.25, 0.3) is 0 Å². The maximum Gasteiger partial charge on any atom is 0.250 e. The number of ether oxygens (including phenoxy) is 1. The molecule has 28 heavy (non-hydrogen) atoms. The summed E-state index contributed by atoms with van der Waals surface area (Å²) >= 11 is 6.34. The third-order valence-corrected chi connectivity index (χ3v) is 6.28. The molecular formula is C19H22ClN3O5. The maximum atomic E-state index is 13.3. The van der Waals surface area contributed by atoms with Crippen LogP contribution >= 0.6 is 11.6 Å². The molecule has 3 N–H and O–H groups in total. The molecule has 0 radical (unpaired) electrons. The van der Waals surface area contributed by atoms with Gasteiger partial charge in [-0.1, -0.05) is 17.7 Å². The highest BCUT2D eigenvalue weighted by Gasteiger charge is 2.71. The van der Waals surface area contributed by atoms with Crippen LogP contribution in [-0.4, -0.2) is 60.1 Å². The van der Waals surface area contributed by atoms with E-state index >= 15 is 0 Å². The Hall–Kier alpha value is -2.00. The van der Waals surface area contributed by atoms with Gasteiger partial charge < -0.3 is 15.2 Å². The molecule has 5 atom stereocenters. The van der Waals surface area contributed by atoms with Gasteiger partial charge in [0.25, 0.3) is 0 Å². The quantitative estimate of drug-likeness (QED) is 0.623. The first-order valence-electron chi connectivity index (χ1n) is 9.16. The summed E-state index contributed by atoms with van der Waals surface area (Å²) in [6.07, 6.45) is -0.942. The third kappa shape index (κ3) is 2.38. The highest BCUT2D eigenvalue weighted by molar-refractivity contribution is 6.35. The van der Waals surface area contributed by atoms with Gasteiger partial charge in [0.1, 0.15) is 5.54 Å². The van der Waals surface area contributed by atoms with Crippen molar-refractivity contribution in [3.63, 3.8) is 0 Å². The molecule has 0 aliphatic carbocycles. The lowest BCUT2D eigenvalue weighted by Gasteiger charge is -2.30. The van der Waals surface area contributed by atoms with E-state index < -0.39 is 47.2 Å². The normalized spacial score (nSPS) is 32.1. The number of hydrogen-bond donors (Lipinski definition) is 3. The number of nitrogens with zero attached hydrogens (tertiary/aromatic N) is 1. The van der Waals surface area contributed by atoms with Crippen LogP contribution in [0.4, 0.5) is 5.69 Å². The van der Waals surface area contributed by atoms with Crippen LogP contribution in [-0.2, 0) is 24.7 Å². The summed E-state index contributed by atoms with van der Waals surface area (Å²) in [7, 11) is 1.49. The number of amides is 3. The molecule has 1 aromatic rings. The first-order valence-corrected chi connectivity index (χ1v) is 9.53. The predicted molar refractivity (Wildman–Crippen MR) is 101 cm³/mol. The van der Waals surface area contributed by atoms with Gasteiger partial charge in [-0.2, -0.15) is 0 Å². The number of rotatable bonds is 4. The number of carbonyl (C=O) groups is 3. The van der Waals surface area contributed by atoms with Crippen LogP contribution in [0.15, 0.2) is 12.1 Å². The van der Waals surface area contributed by atoms with E-state index in [1.807, 2.05) is 6.92 Å². The van der Waals surface area contributed by atoms with E-state index in [0.29, 0.717) is 16.3 Å². The minimum Gasteiger partial charge on any atom is -0.392 e. The summed E-state index contributed by atoms with van der Waals surface area (Å²) in [5.74, 6) is -3.09. The molecule has 3 amide bonds. The average molecular weight is 408 g/mol. The van der Waals surface area contributed by atoms with Crippen LogP contribution in [0.3, 0.4) is 0 Å². The van der Waals surface area contributed by atoms with Gasteiger partial charge in [0.15, 0.2) is 0 Å². The number of nitrogens with one attached hydrogen (secondary N) is 2. The van der Waals surface area contributed by atoms with Crippen molar-refractivity contribution in [3.8, 4) is 0 Å². The van der Waals surface area contributed by atoms with Crippen LogP contribution < -0.4 is 10.6 Å². The fourth-order valence-corrected chi connectivity index (χ4v) is 5.12. The lowest BCUT2D eigenvalue weighted by molar-refractivity contribution is -0.143. The third-order valence-electron chi connectivity index (χ3n) is 5.98. The summed E-state index contributed by atoms with van der Waals surface area (Å²) in [6.45, 7) is 3.69. The second kappa shape index (κ2) is 6.52. The fourth-order valence-electron chi connectivity index (χ4n) is 4.80. The number of likely N-dealkylation sites (tertiary alicyclic amines) is 1. The Morgan fingerprint density at radius 1 is 1.32 bits per heavy atom. The summed E-state index contributed by atoms with van der Waals surface area (Å²) in [5.41, 5.74) is 0.346. The van der Waals surface area contributed by atoms with Crippen LogP contribution in [0, 0.1) is 18.8 Å². The van der Waals surface area contributed by atoms with Gasteiger partial charge in [0.05, 0.1) is 41.8 Å². The minimum atomic E-state index is -1.45. The van der Waals surface area contributed by atoms with Crippen molar-refractivity contribution < 1.29 is 24.2 Å². The Morgan fingerprint density at radius 2 is 2.04 bits per heavy atom. The Bertz CT molecular complexity index is 889. The summed E-state index contributed by atoms with van der Waals surface area (Å²) in [4.78, 5) is 40.6. The van der Waals surface area contributed by atoms with Crippen molar-refractivity contribution in [3.05, 3.63) is 28.3 Å². The summed E-state index contributed by atoms with van der Waals surface area (Å²) in [6, 6.07) is 2.78. The molecule has 3 aliphatic rings. The predicted octanol–water partition coefficient (Wildman–Crippen LogP) is 0.396. The standard InChI is InChI=1S/C19H22ClN3O5/c1-8-6-10-15(11(20)7-8)21-18(27)19(10)13-12(14(22-19)9(2)24)16(25)23(17(13)26)4-5-28-3/h6-7,9,12-14,22,24H,4-5H2,1-3H3,(H,21,27).